The summed E-state index contributed by atoms with van der Waals surface area (Å²) in [4.78, 5) is 8.68. The van der Waals surface area contributed by atoms with Gasteiger partial charge in [0.25, 0.3) is 0 Å². The van der Waals surface area contributed by atoms with Crippen LogP contribution in [0.25, 0.3) is 0 Å². The van der Waals surface area contributed by atoms with Crippen molar-refractivity contribution in [2.24, 2.45) is 0 Å². The SMILES string of the molecule is Cc1ccc([C@@H](NS(=O)(=O)c2ccc(C)cc2)[C@@](C)(Cl)[N+](=O)[O-])cc1. The van der Waals surface area contributed by atoms with Crippen LogP contribution in [0.4, 0.5) is 0 Å². The Morgan fingerprint density at radius 2 is 1.48 bits per heavy atom. The summed E-state index contributed by atoms with van der Waals surface area (Å²) in [6.07, 6.45) is 0. The maximum absolute atomic E-state index is 12.7. The lowest BCUT2D eigenvalue weighted by atomic mass is 10.0. The van der Waals surface area contributed by atoms with E-state index in [-0.39, 0.29) is 4.90 Å². The van der Waals surface area contributed by atoms with E-state index in [0.717, 1.165) is 11.1 Å². The topological polar surface area (TPSA) is 89.3 Å². The van der Waals surface area contributed by atoms with Gasteiger partial charge in [-0.1, -0.05) is 47.5 Å². The number of nitrogens with zero attached hydrogens (tertiary/aromatic N) is 1. The zero-order valence-electron chi connectivity index (χ0n) is 14.1. The van der Waals surface area contributed by atoms with Crippen molar-refractivity contribution in [1.82, 2.24) is 4.72 Å². The average Bonchev–Trinajstić information content (AvgIpc) is 2.54. The van der Waals surface area contributed by atoms with Crippen molar-refractivity contribution in [3.8, 4) is 0 Å². The zero-order chi connectivity index (χ0) is 18.8. The average molecular weight is 383 g/mol. The first-order chi connectivity index (χ1) is 11.5. The van der Waals surface area contributed by atoms with Gasteiger partial charge in [0.05, 0.1) is 4.90 Å². The van der Waals surface area contributed by atoms with Crippen LogP contribution in [-0.2, 0) is 10.0 Å². The van der Waals surface area contributed by atoms with Crippen LogP contribution >= 0.6 is 11.6 Å². The molecule has 2 aromatic carbocycles. The van der Waals surface area contributed by atoms with Gasteiger partial charge in [-0.3, -0.25) is 10.1 Å². The van der Waals surface area contributed by atoms with E-state index in [4.69, 9.17) is 11.6 Å². The van der Waals surface area contributed by atoms with Crippen LogP contribution in [0, 0.1) is 24.0 Å². The van der Waals surface area contributed by atoms with Crippen molar-refractivity contribution in [3.63, 3.8) is 0 Å². The third-order valence-electron chi connectivity index (χ3n) is 3.90. The number of nitrogens with one attached hydrogen (secondary N) is 1. The van der Waals surface area contributed by atoms with E-state index in [9.17, 15) is 18.5 Å². The fourth-order valence-electron chi connectivity index (χ4n) is 2.28. The minimum Gasteiger partial charge on any atom is -0.263 e. The lowest BCUT2D eigenvalue weighted by molar-refractivity contribution is -0.542. The molecule has 25 heavy (non-hydrogen) atoms. The predicted octanol–water partition coefficient (Wildman–Crippen LogP) is 3.55. The second-order valence-corrected chi connectivity index (χ2v) is 8.54. The quantitative estimate of drug-likeness (QED) is 0.358. The molecule has 0 saturated heterocycles. The number of hydrogen-bond acceptors (Lipinski definition) is 4. The Kier molecular flexibility index (Phi) is 5.51. The van der Waals surface area contributed by atoms with Gasteiger partial charge < -0.3 is 0 Å². The molecule has 0 aromatic heterocycles. The molecule has 0 bridgehead atoms. The van der Waals surface area contributed by atoms with Gasteiger partial charge in [-0.15, -0.1) is 0 Å². The summed E-state index contributed by atoms with van der Waals surface area (Å²) >= 11 is 6.10. The Balaban J connectivity index is 2.47. The number of aryl methyl sites for hydroxylation is 2. The van der Waals surface area contributed by atoms with Crippen LogP contribution in [-0.4, -0.2) is 18.3 Å². The molecular weight excluding hydrogens is 364 g/mol. The second kappa shape index (κ2) is 7.11. The van der Waals surface area contributed by atoms with E-state index in [1.165, 1.54) is 19.1 Å². The molecule has 0 aliphatic rings. The Morgan fingerprint density at radius 3 is 1.92 bits per heavy atom. The molecule has 2 rings (SSSR count). The number of hydrogen-bond donors (Lipinski definition) is 1. The molecule has 2 aromatic rings. The number of sulfonamides is 1. The van der Waals surface area contributed by atoms with Gasteiger partial charge in [0.1, 0.15) is 6.04 Å². The smallest absolute Gasteiger partial charge is 0.263 e. The summed E-state index contributed by atoms with van der Waals surface area (Å²) in [7, 11) is -3.99. The molecular formula is C17H19ClN2O4S. The van der Waals surface area contributed by atoms with E-state index in [1.54, 1.807) is 36.4 Å². The van der Waals surface area contributed by atoms with Crippen molar-refractivity contribution < 1.29 is 13.3 Å². The monoisotopic (exact) mass is 382 g/mol. The normalized spacial score (nSPS) is 15.4. The first-order valence-corrected chi connectivity index (χ1v) is 9.39. The Morgan fingerprint density at radius 1 is 1.04 bits per heavy atom. The van der Waals surface area contributed by atoms with E-state index in [0.29, 0.717) is 5.56 Å². The minimum atomic E-state index is -3.99. The highest BCUT2D eigenvalue weighted by atomic mass is 35.5. The van der Waals surface area contributed by atoms with Crippen LogP contribution in [0.5, 0.6) is 0 Å². The molecule has 6 nitrogen and oxygen atoms in total. The Bertz CT molecular complexity index is 863. The highest BCUT2D eigenvalue weighted by Gasteiger charge is 2.47. The molecule has 0 radical (unpaired) electrons. The number of alkyl halides is 1. The molecule has 0 aliphatic heterocycles. The van der Waals surface area contributed by atoms with Crippen LogP contribution in [0.15, 0.2) is 53.4 Å². The molecule has 0 heterocycles. The fourth-order valence-corrected chi connectivity index (χ4v) is 3.84. The van der Waals surface area contributed by atoms with E-state index >= 15 is 0 Å². The fraction of sp³-hybridized carbons (Fsp3) is 0.294. The number of halogens is 1. The highest BCUT2D eigenvalue weighted by molar-refractivity contribution is 7.89. The highest BCUT2D eigenvalue weighted by Crippen LogP contribution is 2.34. The molecule has 1 N–H and O–H groups in total. The summed E-state index contributed by atoms with van der Waals surface area (Å²) in [6.45, 7) is 4.88. The lowest BCUT2D eigenvalue weighted by Crippen LogP contribution is -2.45. The maximum atomic E-state index is 12.7. The zero-order valence-corrected chi connectivity index (χ0v) is 15.6. The van der Waals surface area contributed by atoms with Gasteiger partial charge in [-0.05, 0) is 43.1 Å². The van der Waals surface area contributed by atoms with E-state index < -0.39 is 26.0 Å². The standard InChI is InChI=1S/C17H19ClN2O4S/c1-12-4-8-14(9-5-12)16(17(3,18)20(21)22)19-25(23,24)15-10-6-13(2)7-11-15/h4-11,16,19H,1-3H3/t16-,17+/m1/s1. The van der Waals surface area contributed by atoms with E-state index in [1.807, 2.05) is 13.8 Å². The lowest BCUT2D eigenvalue weighted by Gasteiger charge is -2.26. The van der Waals surface area contributed by atoms with Gasteiger partial charge in [0.2, 0.25) is 10.0 Å². The maximum Gasteiger partial charge on any atom is 0.312 e. The second-order valence-electron chi connectivity index (χ2n) is 6.06. The number of benzene rings is 2. The Hall–Kier alpha value is -1.96. The summed E-state index contributed by atoms with van der Waals surface area (Å²) in [5.74, 6) is 0. The van der Waals surface area contributed by atoms with Crippen LogP contribution < -0.4 is 4.72 Å². The largest absolute Gasteiger partial charge is 0.312 e. The van der Waals surface area contributed by atoms with Crippen LogP contribution in [0.2, 0.25) is 0 Å². The molecule has 0 aliphatic carbocycles. The molecule has 0 unspecified atom stereocenters. The summed E-state index contributed by atoms with van der Waals surface area (Å²) in [5, 5.41) is 11.4. The third kappa shape index (κ3) is 4.36. The molecule has 0 amide bonds. The van der Waals surface area contributed by atoms with Crippen molar-refractivity contribution in [2.45, 2.75) is 36.7 Å². The van der Waals surface area contributed by atoms with Gasteiger partial charge in [0, 0.05) is 11.8 Å². The summed E-state index contributed by atoms with van der Waals surface area (Å²) in [6, 6.07) is 11.7. The van der Waals surface area contributed by atoms with E-state index in [2.05, 4.69) is 4.72 Å². The van der Waals surface area contributed by atoms with Crippen molar-refractivity contribution in [3.05, 3.63) is 75.3 Å². The van der Waals surface area contributed by atoms with Crippen molar-refractivity contribution in [2.75, 3.05) is 0 Å². The Labute approximate surface area is 152 Å². The molecule has 0 fully saturated rings. The molecule has 0 spiro atoms. The van der Waals surface area contributed by atoms with Gasteiger partial charge in [-0.2, -0.15) is 4.72 Å². The van der Waals surface area contributed by atoms with Crippen molar-refractivity contribution in [1.29, 1.82) is 0 Å². The molecule has 0 saturated carbocycles. The molecule has 8 heteroatoms. The molecule has 2 atom stereocenters. The summed E-state index contributed by atoms with van der Waals surface area (Å²) in [5.41, 5.74) is 2.26. The minimum absolute atomic E-state index is 0.0195. The number of rotatable bonds is 6. The van der Waals surface area contributed by atoms with Gasteiger partial charge in [0.15, 0.2) is 0 Å². The van der Waals surface area contributed by atoms with Crippen LogP contribution in [0.3, 0.4) is 0 Å². The number of nitro groups is 1. The first kappa shape index (κ1) is 19.4. The summed E-state index contributed by atoms with van der Waals surface area (Å²) < 4.78 is 27.7. The van der Waals surface area contributed by atoms with Gasteiger partial charge >= 0.3 is 5.00 Å². The van der Waals surface area contributed by atoms with Crippen molar-refractivity contribution >= 4 is 21.6 Å². The van der Waals surface area contributed by atoms with Crippen LogP contribution in [0.1, 0.15) is 29.7 Å². The predicted molar refractivity (Wildman–Crippen MR) is 96.7 cm³/mol. The third-order valence-corrected chi connectivity index (χ3v) is 5.69. The molecule has 134 valence electrons. The first-order valence-electron chi connectivity index (χ1n) is 7.53. The van der Waals surface area contributed by atoms with Gasteiger partial charge in [-0.25, -0.2) is 8.42 Å².